The smallest absolute Gasteiger partial charge is 0.349 e. The quantitative estimate of drug-likeness (QED) is 0.197. The fourth-order valence-corrected chi connectivity index (χ4v) is 6.81. The van der Waals surface area contributed by atoms with Gasteiger partial charge >= 0.3 is 17.9 Å². The van der Waals surface area contributed by atoms with Crippen LogP contribution >= 0.6 is 11.8 Å². The first-order valence-corrected chi connectivity index (χ1v) is 17.3. The first-order chi connectivity index (χ1) is 23.5. The van der Waals surface area contributed by atoms with Gasteiger partial charge in [-0.25, -0.2) is 14.4 Å². The lowest BCUT2D eigenvalue weighted by Gasteiger charge is -2.34. The lowest BCUT2D eigenvalue weighted by Crippen LogP contribution is -3.11. The maximum Gasteiger partial charge on any atom is 0.349 e. The summed E-state index contributed by atoms with van der Waals surface area (Å²) in [5.41, 5.74) is 6.39. The summed E-state index contributed by atoms with van der Waals surface area (Å²) in [6.45, 7) is 6.18. The molecule has 2 heterocycles. The average molecular weight is 682 g/mol. The number of hydrogen-bond acceptors (Lipinski definition) is 8. The Morgan fingerprint density at radius 2 is 1.31 bits per heavy atom. The molecule has 0 radical (unpaired) electrons. The lowest BCUT2D eigenvalue weighted by molar-refractivity contribution is -0.921. The second-order valence-electron chi connectivity index (χ2n) is 12.3. The van der Waals surface area contributed by atoms with E-state index >= 15 is 0 Å². The molecular weight excluding hydrogens is 642 g/mol. The topological polar surface area (TPSA) is 134 Å². The van der Waals surface area contributed by atoms with Crippen molar-refractivity contribution in [2.24, 2.45) is 0 Å². The lowest BCUT2D eigenvalue weighted by atomic mass is 9.82. The number of thioether (sulfide) groups is 1. The number of aryl methyl sites for hydroxylation is 2. The number of carbonyl (C=O) groups excluding carboxylic acids is 3. The van der Waals surface area contributed by atoms with Crippen molar-refractivity contribution in [2.45, 2.75) is 55.8 Å². The Morgan fingerprint density at radius 1 is 0.776 bits per heavy atom. The van der Waals surface area contributed by atoms with Gasteiger partial charge in [-0.05, 0) is 67.6 Å². The molecule has 0 saturated carbocycles. The van der Waals surface area contributed by atoms with E-state index in [0.717, 1.165) is 17.2 Å². The van der Waals surface area contributed by atoms with Crippen LogP contribution in [0.1, 0.15) is 73.3 Å². The minimum atomic E-state index is -2.33. The van der Waals surface area contributed by atoms with Crippen LogP contribution < -0.4 is 10.0 Å². The monoisotopic (exact) mass is 681 g/mol. The van der Waals surface area contributed by atoms with E-state index in [9.17, 15) is 29.4 Å². The number of quaternary nitrogens is 1. The highest BCUT2D eigenvalue weighted by Crippen LogP contribution is 2.35. The zero-order valence-corrected chi connectivity index (χ0v) is 28.4. The Bertz CT molecular complexity index is 1710. The highest BCUT2D eigenvalue weighted by atomic mass is 32.2. The van der Waals surface area contributed by atoms with E-state index in [-0.39, 0.29) is 11.1 Å². The summed E-state index contributed by atoms with van der Waals surface area (Å²) in [5.74, 6) is -5.41. The Labute approximate surface area is 289 Å². The van der Waals surface area contributed by atoms with E-state index in [4.69, 9.17) is 9.47 Å². The van der Waals surface area contributed by atoms with Crippen molar-refractivity contribution in [3.8, 4) is 0 Å². The van der Waals surface area contributed by atoms with Gasteiger partial charge in [-0.2, -0.15) is 0 Å². The highest BCUT2D eigenvalue weighted by molar-refractivity contribution is 7.98. The van der Waals surface area contributed by atoms with Crippen molar-refractivity contribution < 1.29 is 43.8 Å². The molecule has 6 rings (SSSR count). The molecule has 10 heteroatoms. The number of carboxylic acids is 2. The molecule has 2 aliphatic rings. The molecule has 0 amide bonds. The number of hydrogen-bond donors (Lipinski definition) is 2. The molecule has 0 aromatic heterocycles. The van der Waals surface area contributed by atoms with Crippen LogP contribution in [0.2, 0.25) is 0 Å². The number of benzene rings is 4. The van der Waals surface area contributed by atoms with Crippen LogP contribution in [0.3, 0.4) is 0 Å². The fraction of sp³-hybridized carbons (Fsp3) is 0.282. The van der Waals surface area contributed by atoms with Gasteiger partial charge in [0.15, 0.2) is 6.10 Å². The van der Waals surface area contributed by atoms with Gasteiger partial charge in [0.05, 0.1) is 36.1 Å². The SMILES string of the molecule is CSc1ccc([C@H]2C[NH+]3CCC[C@H]3c3ccccc32)cc1.Cc1ccc(C(=O)O[C@@H](C(=O)[O-])[C@@H](OC(=O)c2ccc(C)cc2)C(=O)O)cc1. The number of aliphatic carboxylic acids is 2. The van der Waals surface area contributed by atoms with Gasteiger partial charge in [0.2, 0.25) is 6.10 Å². The van der Waals surface area contributed by atoms with Crippen molar-refractivity contribution in [2.75, 3.05) is 19.3 Å². The van der Waals surface area contributed by atoms with Gasteiger partial charge in [0.1, 0.15) is 6.04 Å². The first kappa shape index (κ1) is 35.4. The first-order valence-electron chi connectivity index (χ1n) is 16.1. The van der Waals surface area contributed by atoms with Crippen molar-refractivity contribution in [1.82, 2.24) is 0 Å². The zero-order valence-electron chi connectivity index (χ0n) is 27.6. The zero-order chi connectivity index (χ0) is 35.1. The summed E-state index contributed by atoms with van der Waals surface area (Å²) in [6.07, 6.45) is 0.273. The Morgan fingerprint density at radius 3 is 1.82 bits per heavy atom. The molecule has 9 nitrogen and oxygen atoms in total. The van der Waals surface area contributed by atoms with Gasteiger partial charge in [-0.15, -0.1) is 11.8 Å². The number of carboxylic acid groups (broad SMARTS) is 2. The number of esters is 2. The van der Waals surface area contributed by atoms with Crippen molar-refractivity contribution in [3.63, 3.8) is 0 Å². The molecule has 1 fully saturated rings. The third-order valence-corrected chi connectivity index (χ3v) is 9.75. The molecule has 4 aromatic rings. The molecule has 1 unspecified atom stereocenters. The largest absolute Gasteiger partial charge is 0.546 e. The molecule has 4 aromatic carbocycles. The number of ether oxygens (including phenoxy) is 2. The van der Waals surface area contributed by atoms with E-state index in [1.54, 1.807) is 54.1 Å². The Kier molecular flexibility index (Phi) is 11.5. The standard InChI is InChI=1S/C20H18O8.C19H21NS/c1-11-3-7-13(8-4-11)19(25)27-15(17(21)22)16(18(23)24)28-20(26)14-9-5-12(2)6-10-14;1-21-15-10-8-14(9-11-15)18-13-20-12-4-7-19(20)17-6-3-2-5-16(17)18/h3-10,15-16H,1-2H3,(H,21,22)(H,23,24);2-3,5-6,8-11,18-19H,4,7,12-13H2,1H3/t15-,16-;18-,19+/m11/s1. The molecular formula is C39H39NO8S. The van der Waals surface area contributed by atoms with Crippen LogP contribution in [0.5, 0.6) is 0 Å². The van der Waals surface area contributed by atoms with E-state index in [2.05, 4.69) is 54.8 Å². The molecule has 0 aliphatic carbocycles. The molecule has 5 atom stereocenters. The number of fused-ring (bicyclic) bond motifs is 3. The summed E-state index contributed by atoms with van der Waals surface area (Å²) in [5, 5.41) is 20.7. The molecule has 1 saturated heterocycles. The average Bonchev–Trinajstić information content (AvgIpc) is 3.59. The van der Waals surface area contributed by atoms with E-state index < -0.39 is 36.1 Å². The van der Waals surface area contributed by atoms with Gasteiger partial charge < -0.3 is 29.4 Å². The van der Waals surface area contributed by atoms with Gasteiger partial charge in [0.25, 0.3) is 0 Å². The minimum absolute atomic E-state index is 0.00542. The van der Waals surface area contributed by atoms with Crippen LogP contribution in [-0.4, -0.2) is 60.5 Å². The molecule has 0 bridgehead atoms. The number of nitrogens with one attached hydrogen (secondary N) is 1. The second kappa shape index (κ2) is 16.0. The van der Waals surface area contributed by atoms with E-state index in [1.165, 1.54) is 60.7 Å². The van der Waals surface area contributed by atoms with Crippen LogP contribution in [0.25, 0.3) is 0 Å². The van der Waals surface area contributed by atoms with E-state index in [1.807, 2.05) is 11.8 Å². The van der Waals surface area contributed by atoms with Crippen molar-refractivity contribution >= 4 is 35.6 Å². The van der Waals surface area contributed by atoms with Crippen molar-refractivity contribution in [3.05, 3.63) is 136 Å². The predicted molar refractivity (Wildman–Crippen MR) is 183 cm³/mol. The van der Waals surface area contributed by atoms with Gasteiger partial charge in [-0.3, -0.25) is 0 Å². The summed E-state index contributed by atoms with van der Waals surface area (Å²) >= 11 is 1.82. The van der Waals surface area contributed by atoms with Crippen LogP contribution in [0.15, 0.2) is 102 Å². The molecule has 49 heavy (non-hydrogen) atoms. The number of rotatable bonds is 9. The molecule has 0 spiro atoms. The second-order valence-corrected chi connectivity index (χ2v) is 13.2. The van der Waals surface area contributed by atoms with Gasteiger partial charge in [-0.1, -0.05) is 71.8 Å². The third kappa shape index (κ3) is 8.57. The maximum atomic E-state index is 12.2. The summed E-state index contributed by atoms with van der Waals surface area (Å²) in [6, 6.07) is 31.1. The molecule has 254 valence electrons. The van der Waals surface area contributed by atoms with Crippen LogP contribution in [0, 0.1) is 13.8 Å². The third-order valence-electron chi connectivity index (χ3n) is 9.01. The summed E-state index contributed by atoms with van der Waals surface area (Å²) in [4.78, 5) is 50.3. The van der Waals surface area contributed by atoms with E-state index in [0.29, 0.717) is 5.92 Å². The maximum absolute atomic E-state index is 12.2. The summed E-state index contributed by atoms with van der Waals surface area (Å²) < 4.78 is 9.54. The Balaban J connectivity index is 0.000000198. The Hall–Kier alpha value is -4.93. The van der Waals surface area contributed by atoms with Crippen molar-refractivity contribution in [1.29, 1.82) is 0 Å². The minimum Gasteiger partial charge on any atom is -0.546 e. The fourth-order valence-electron chi connectivity index (χ4n) is 6.40. The van der Waals surface area contributed by atoms with Gasteiger partial charge in [0, 0.05) is 23.3 Å². The van der Waals surface area contributed by atoms with Crippen LogP contribution in [-0.2, 0) is 19.1 Å². The highest BCUT2D eigenvalue weighted by Gasteiger charge is 2.40. The normalized spacial score (nSPS) is 18.8. The molecule has 2 N–H and O–H groups in total. The predicted octanol–water partition coefficient (Wildman–Crippen LogP) is 4.16. The van der Waals surface area contributed by atoms with Crippen LogP contribution in [0.4, 0.5) is 0 Å². The number of carbonyl (C=O) groups is 4. The molecule has 2 aliphatic heterocycles. The summed E-state index contributed by atoms with van der Waals surface area (Å²) in [7, 11) is 0.